The van der Waals surface area contributed by atoms with E-state index in [2.05, 4.69) is 37.6 Å². The third-order valence-electron chi connectivity index (χ3n) is 4.87. The van der Waals surface area contributed by atoms with Crippen molar-refractivity contribution in [1.82, 2.24) is 10.2 Å². The average Bonchev–Trinajstić information content (AvgIpc) is 3.32. The second kappa shape index (κ2) is 9.28. The minimum Gasteiger partial charge on any atom is -0.378 e. The molecular formula is C18H30N4OS. The van der Waals surface area contributed by atoms with Crippen LogP contribution in [0.2, 0.25) is 0 Å². The van der Waals surface area contributed by atoms with Crippen LogP contribution in [-0.2, 0) is 4.74 Å². The van der Waals surface area contributed by atoms with Crippen molar-refractivity contribution < 1.29 is 4.74 Å². The van der Waals surface area contributed by atoms with Gasteiger partial charge in [0.15, 0.2) is 5.96 Å². The summed E-state index contributed by atoms with van der Waals surface area (Å²) in [5, 5.41) is 7.02. The predicted molar refractivity (Wildman–Crippen MR) is 102 cm³/mol. The summed E-state index contributed by atoms with van der Waals surface area (Å²) >= 11 is 1.82. The van der Waals surface area contributed by atoms with Gasteiger partial charge in [0.05, 0.1) is 11.1 Å². The van der Waals surface area contributed by atoms with Gasteiger partial charge in [-0.1, -0.05) is 12.8 Å². The normalized spacial score (nSPS) is 20.0. The Morgan fingerprint density at radius 1 is 1.29 bits per heavy atom. The van der Waals surface area contributed by atoms with Gasteiger partial charge in [-0.3, -0.25) is 4.99 Å². The first kappa shape index (κ1) is 17.5. The summed E-state index contributed by atoms with van der Waals surface area (Å²) < 4.78 is 5.92. The molecule has 3 rings (SSSR count). The highest BCUT2D eigenvalue weighted by Crippen LogP contribution is 2.22. The molecule has 0 radical (unpaired) electrons. The Bertz CT molecular complexity index is 491. The van der Waals surface area contributed by atoms with Crippen molar-refractivity contribution in [3.05, 3.63) is 17.5 Å². The molecule has 134 valence electrons. The van der Waals surface area contributed by atoms with Crippen LogP contribution in [0.25, 0.3) is 0 Å². The highest BCUT2D eigenvalue weighted by molar-refractivity contribution is 7.14. The molecule has 2 heterocycles. The molecule has 1 saturated heterocycles. The molecule has 2 fully saturated rings. The molecule has 6 heteroatoms. The molecular weight excluding hydrogens is 320 g/mol. The Labute approximate surface area is 149 Å². The zero-order valence-corrected chi connectivity index (χ0v) is 15.6. The summed E-state index contributed by atoms with van der Waals surface area (Å²) in [5.41, 5.74) is 0. The van der Waals surface area contributed by atoms with Gasteiger partial charge in [0.1, 0.15) is 0 Å². The summed E-state index contributed by atoms with van der Waals surface area (Å²) in [6.07, 6.45) is 6.76. The van der Waals surface area contributed by atoms with Crippen molar-refractivity contribution in [1.29, 1.82) is 0 Å². The number of ether oxygens (including phenoxy) is 1. The lowest BCUT2D eigenvalue weighted by molar-refractivity contribution is 0.0573. The number of thiophene rings is 1. The molecule has 1 saturated carbocycles. The second-order valence-electron chi connectivity index (χ2n) is 6.53. The number of nitrogens with one attached hydrogen (secondary N) is 1. The van der Waals surface area contributed by atoms with E-state index in [0.29, 0.717) is 6.10 Å². The molecule has 24 heavy (non-hydrogen) atoms. The van der Waals surface area contributed by atoms with Gasteiger partial charge in [-0.2, -0.15) is 0 Å². The maximum Gasteiger partial charge on any atom is 0.193 e. The third-order valence-corrected chi connectivity index (χ3v) is 5.80. The average molecular weight is 351 g/mol. The number of hydrogen-bond donors (Lipinski definition) is 1. The molecule has 1 N–H and O–H groups in total. The number of hydrogen-bond acceptors (Lipinski definition) is 4. The maximum absolute atomic E-state index is 5.92. The van der Waals surface area contributed by atoms with Crippen molar-refractivity contribution in [2.24, 2.45) is 4.99 Å². The van der Waals surface area contributed by atoms with Gasteiger partial charge in [0.2, 0.25) is 0 Å². The molecule has 0 aromatic carbocycles. The first-order valence-corrected chi connectivity index (χ1v) is 10.1. The Hall–Kier alpha value is -1.27. The Morgan fingerprint density at radius 2 is 2.08 bits per heavy atom. The molecule has 0 amide bonds. The van der Waals surface area contributed by atoms with Crippen LogP contribution in [0.4, 0.5) is 5.00 Å². The molecule has 0 atom stereocenters. The molecule has 0 unspecified atom stereocenters. The number of rotatable bonds is 6. The van der Waals surface area contributed by atoms with Gasteiger partial charge in [-0.05, 0) is 36.8 Å². The molecule has 0 spiro atoms. The van der Waals surface area contributed by atoms with Crippen LogP contribution in [-0.4, -0.2) is 63.3 Å². The third kappa shape index (κ3) is 4.86. The van der Waals surface area contributed by atoms with Gasteiger partial charge < -0.3 is 19.9 Å². The highest BCUT2D eigenvalue weighted by Gasteiger charge is 2.20. The molecule has 1 aliphatic carbocycles. The van der Waals surface area contributed by atoms with E-state index in [1.165, 1.54) is 30.7 Å². The lowest BCUT2D eigenvalue weighted by Crippen LogP contribution is -2.52. The van der Waals surface area contributed by atoms with Crippen molar-refractivity contribution in [3.8, 4) is 0 Å². The van der Waals surface area contributed by atoms with E-state index in [9.17, 15) is 0 Å². The number of guanidine groups is 1. The Morgan fingerprint density at radius 3 is 2.75 bits per heavy atom. The van der Waals surface area contributed by atoms with Crippen molar-refractivity contribution in [3.63, 3.8) is 0 Å². The van der Waals surface area contributed by atoms with Gasteiger partial charge in [-0.25, -0.2) is 0 Å². The fourth-order valence-electron chi connectivity index (χ4n) is 3.50. The van der Waals surface area contributed by atoms with E-state index < -0.39 is 0 Å². The minimum absolute atomic E-state index is 0.523. The predicted octanol–water partition coefficient (Wildman–Crippen LogP) is 2.79. The monoisotopic (exact) mass is 350 g/mol. The van der Waals surface area contributed by atoms with E-state index in [-0.39, 0.29) is 0 Å². The van der Waals surface area contributed by atoms with Crippen molar-refractivity contribution in [2.45, 2.75) is 38.2 Å². The van der Waals surface area contributed by atoms with Crippen LogP contribution in [0.1, 0.15) is 32.1 Å². The van der Waals surface area contributed by atoms with Gasteiger partial charge in [-0.15, -0.1) is 11.3 Å². The highest BCUT2D eigenvalue weighted by atomic mass is 32.1. The first-order chi connectivity index (χ1) is 11.9. The largest absolute Gasteiger partial charge is 0.378 e. The van der Waals surface area contributed by atoms with E-state index >= 15 is 0 Å². The number of piperazine rings is 1. The van der Waals surface area contributed by atoms with Crippen molar-refractivity contribution >= 4 is 22.3 Å². The van der Waals surface area contributed by atoms with Crippen LogP contribution in [0.15, 0.2) is 22.5 Å². The topological polar surface area (TPSA) is 40.1 Å². The van der Waals surface area contributed by atoms with Gasteiger partial charge in [0.25, 0.3) is 0 Å². The smallest absolute Gasteiger partial charge is 0.193 e. The Kier molecular flexibility index (Phi) is 6.78. The van der Waals surface area contributed by atoms with Gasteiger partial charge in [0, 0.05) is 46.4 Å². The fourth-order valence-corrected chi connectivity index (χ4v) is 4.28. The zero-order chi connectivity index (χ0) is 16.6. The fraction of sp³-hybridized carbons (Fsp3) is 0.722. The number of anilines is 1. The van der Waals surface area contributed by atoms with Crippen LogP contribution in [0.5, 0.6) is 0 Å². The summed E-state index contributed by atoms with van der Waals surface area (Å²) in [4.78, 5) is 9.27. The maximum atomic E-state index is 5.92. The summed E-state index contributed by atoms with van der Waals surface area (Å²) in [6.45, 7) is 5.97. The zero-order valence-electron chi connectivity index (χ0n) is 14.7. The van der Waals surface area contributed by atoms with E-state index in [4.69, 9.17) is 4.74 Å². The minimum atomic E-state index is 0.523. The van der Waals surface area contributed by atoms with Crippen LogP contribution in [0.3, 0.4) is 0 Å². The SMILES string of the molecule is CN=C(NCCCOC1CCCC1)N1CCN(c2cccs2)CC1. The van der Waals surface area contributed by atoms with Crippen LogP contribution < -0.4 is 10.2 Å². The van der Waals surface area contributed by atoms with Crippen molar-refractivity contribution in [2.75, 3.05) is 51.3 Å². The second-order valence-corrected chi connectivity index (χ2v) is 7.46. The molecule has 1 aromatic heterocycles. The number of aliphatic imine (C=N–C) groups is 1. The quantitative estimate of drug-likeness (QED) is 0.487. The summed E-state index contributed by atoms with van der Waals surface area (Å²) in [5.74, 6) is 1.03. The molecule has 1 aromatic rings. The van der Waals surface area contributed by atoms with Gasteiger partial charge >= 0.3 is 0 Å². The first-order valence-electron chi connectivity index (χ1n) is 9.22. The summed E-state index contributed by atoms with van der Waals surface area (Å²) in [7, 11) is 1.88. The number of nitrogens with zero attached hydrogens (tertiary/aromatic N) is 3. The molecule has 1 aliphatic heterocycles. The van der Waals surface area contributed by atoms with Crippen LogP contribution in [0, 0.1) is 0 Å². The van der Waals surface area contributed by atoms with E-state index in [0.717, 1.165) is 51.7 Å². The van der Waals surface area contributed by atoms with E-state index in [1.807, 2.05) is 18.4 Å². The molecule has 5 nitrogen and oxygen atoms in total. The Balaban J connectivity index is 1.33. The standard InChI is InChI=1S/C18H30N4OS/c1-19-18(20-9-5-14-23-16-6-2-3-7-16)22-12-10-21(11-13-22)17-8-4-15-24-17/h4,8,15-16H,2-3,5-7,9-14H2,1H3,(H,19,20). The lowest BCUT2D eigenvalue weighted by Gasteiger charge is -2.37. The van der Waals surface area contributed by atoms with E-state index in [1.54, 1.807) is 0 Å². The lowest BCUT2D eigenvalue weighted by atomic mass is 10.3. The molecule has 0 bridgehead atoms. The summed E-state index contributed by atoms with van der Waals surface area (Å²) in [6, 6.07) is 4.33. The molecule has 2 aliphatic rings. The van der Waals surface area contributed by atoms with Crippen LogP contribution >= 0.6 is 11.3 Å².